The molecule has 0 spiro atoms. The summed E-state index contributed by atoms with van der Waals surface area (Å²) in [6.45, 7) is 3.10. The topological polar surface area (TPSA) is 82.3 Å². The number of sulfonamides is 1. The summed E-state index contributed by atoms with van der Waals surface area (Å²) in [4.78, 5) is 15.1. The summed E-state index contributed by atoms with van der Waals surface area (Å²) in [6, 6.07) is 3.68. The number of carbonyl (C=O) groups is 1. The molecule has 0 bridgehead atoms. The van der Waals surface area contributed by atoms with Gasteiger partial charge in [-0.15, -0.1) is 0 Å². The smallest absolute Gasteiger partial charge is 0.267 e. The van der Waals surface area contributed by atoms with Gasteiger partial charge in [0.15, 0.2) is 0 Å². The van der Waals surface area contributed by atoms with Gasteiger partial charge < -0.3 is 10.3 Å². The van der Waals surface area contributed by atoms with E-state index in [2.05, 4.69) is 10.3 Å². The minimum atomic E-state index is -3.16. The third kappa shape index (κ3) is 4.33. The molecule has 2 rings (SSSR count). The predicted molar refractivity (Wildman–Crippen MR) is 86.3 cm³/mol. The fourth-order valence-electron chi connectivity index (χ4n) is 2.93. The van der Waals surface area contributed by atoms with Gasteiger partial charge in [0.1, 0.15) is 5.69 Å². The largest absolute Gasteiger partial charge is 0.354 e. The molecule has 2 heterocycles. The van der Waals surface area contributed by atoms with Gasteiger partial charge in [-0.2, -0.15) is 4.31 Å². The predicted octanol–water partition coefficient (Wildman–Crippen LogP) is 1.51. The van der Waals surface area contributed by atoms with Crippen LogP contribution in [-0.4, -0.2) is 49.0 Å². The number of carbonyl (C=O) groups excluding carboxylic acids is 1. The summed E-state index contributed by atoms with van der Waals surface area (Å²) in [5.74, 6) is -0.138. The molecule has 1 aromatic heterocycles. The number of aromatic amines is 1. The molecule has 1 fully saturated rings. The van der Waals surface area contributed by atoms with Crippen LogP contribution in [0.2, 0.25) is 0 Å². The molecule has 22 heavy (non-hydrogen) atoms. The zero-order valence-corrected chi connectivity index (χ0v) is 14.1. The maximum atomic E-state index is 12.0. The van der Waals surface area contributed by atoms with Crippen LogP contribution in [0.5, 0.6) is 0 Å². The number of aryl methyl sites for hydroxylation is 1. The molecule has 0 aromatic carbocycles. The van der Waals surface area contributed by atoms with Gasteiger partial charge in [-0.05, 0) is 37.8 Å². The van der Waals surface area contributed by atoms with E-state index in [1.54, 1.807) is 10.4 Å². The van der Waals surface area contributed by atoms with Crippen molar-refractivity contribution in [3.63, 3.8) is 0 Å². The van der Waals surface area contributed by atoms with Gasteiger partial charge in [0, 0.05) is 24.8 Å². The zero-order chi connectivity index (χ0) is 16.2. The van der Waals surface area contributed by atoms with Gasteiger partial charge in [0.25, 0.3) is 5.91 Å². The zero-order valence-electron chi connectivity index (χ0n) is 13.3. The van der Waals surface area contributed by atoms with Crippen LogP contribution in [-0.2, 0) is 16.4 Å². The summed E-state index contributed by atoms with van der Waals surface area (Å²) in [5.41, 5.74) is 1.58. The minimum absolute atomic E-state index is 0.00102. The summed E-state index contributed by atoms with van der Waals surface area (Å²) in [6.07, 6.45) is 5.60. The van der Waals surface area contributed by atoms with Gasteiger partial charge >= 0.3 is 0 Å². The Balaban J connectivity index is 1.85. The van der Waals surface area contributed by atoms with Crippen molar-refractivity contribution in [3.8, 4) is 0 Å². The van der Waals surface area contributed by atoms with E-state index < -0.39 is 10.0 Å². The molecule has 0 saturated carbocycles. The monoisotopic (exact) mass is 327 g/mol. The van der Waals surface area contributed by atoms with E-state index in [0.29, 0.717) is 25.2 Å². The van der Waals surface area contributed by atoms with E-state index in [9.17, 15) is 13.2 Å². The highest BCUT2D eigenvalue weighted by Crippen LogP contribution is 2.21. The molecule has 2 N–H and O–H groups in total. The van der Waals surface area contributed by atoms with Crippen molar-refractivity contribution in [2.75, 3.05) is 19.3 Å². The SMILES string of the molecule is CCc1ccc(C(=O)NCC[C@H]2CCCCN2S(C)(=O)=O)[nH]1. The van der Waals surface area contributed by atoms with Crippen molar-refractivity contribution in [1.82, 2.24) is 14.6 Å². The number of aromatic nitrogens is 1. The molecule has 1 aromatic rings. The third-order valence-corrected chi connectivity index (χ3v) is 5.47. The van der Waals surface area contributed by atoms with E-state index in [1.165, 1.54) is 6.26 Å². The van der Waals surface area contributed by atoms with Crippen LogP contribution in [0.3, 0.4) is 0 Å². The van der Waals surface area contributed by atoms with Gasteiger partial charge in [-0.1, -0.05) is 13.3 Å². The van der Waals surface area contributed by atoms with Gasteiger partial charge in [0.2, 0.25) is 10.0 Å². The maximum Gasteiger partial charge on any atom is 0.267 e. The molecule has 1 aliphatic rings. The Morgan fingerprint density at radius 3 is 2.82 bits per heavy atom. The molecule has 1 atom stereocenters. The fraction of sp³-hybridized carbons (Fsp3) is 0.667. The van der Waals surface area contributed by atoms with Gasteiger partial charge in [-0.25, -0.2) is 8.42 Å². The average molecular weight is 327 g/mol. The summed E-state index contributed by atoms with van der Waals surface area (Å²) < 4.78 is 25.1. The van der Waals surface area contributed by atoms with Crippen LogP contribution in [0.25, 0.3) is 0 Å². The van der Waals surface area contributed by atoms with Crippen molar-refractivity contribution in [3.05, 3.63) is 23.5 Å². The molecule has 1 aliphatic heterocycles. The Bertz CT molecular complexity index is 609. The standard InChI is InChI=1S/C15H25N3O3S/c1-3-12-7-8-14(17-12)15(19)16-10-9-13-6-4-5-11-18(13)22(2,20)21/h7-8,13,17H,3-6,9-11H2,1-2H3,(H,16,19)/t13-/m1/s1. The fourth-order valence-corrected chi connectivity index (χ4v) is 4.14. The second kappa shape index (κ2) is 7.28. The summed E-state index contributed by atoms with van der Waals surface area (Å²) >= 11 is 0. The van der Waals surface area contributed by atoms with E-state index in [0.717, 1.165) is 31.4 Å². The lowest BCUT2D eigenvalue weighted by Crippen LogP contribution is -2.44. The highest BCUT2D eigenvalue weighted by Gasteiger charge is 2.28. The first-order valence-corrected chi connectivity index (χ1v) is 9.69. The molecule has 0 radical (unpaired) electrons. The number of piperidine rings is 1. The van der Waals surface area contributed by atoms with Crippen molar-refractivity contribution < 1.29 is 13.2 Å². The number of nitrogens with zero attached hydrogens (tertiary/aromatic N) is 1. The molecule has 1 amide bonds. The highest BCUT2D eigenvalue weighted by atomic mass is 32.2. The Hall–Kier alpha value is -1.34. The lowest BCUT2D eigenvalue weighted by molar-refractivity contribution is 0.0945. The van der Waals surface area contributed by atoms with E-state index in [1.807, 2.05) is 13.0 Å². The average Bonchev–Trinajstić information content (AvgIpc) is 2.95. The number of nitrogens with one attached hydrogen (secondary N) is 2. The number of rotatable bonds is 6. The number of amides is 1. The van der Waals surface area contributed by atoms with Crippen molar-refractivity contribution >= 4 is 15.9 Å². The Labute approximate surface area is 132 Å². The van der Waals surface area contributed by atoms with Crippen LogP contribution < -0.4 is 5.32 Å². The Kier molecular flexibility index (Phi) is 5.63. The first-order chi connectivity index (χ1) is 10.4. The highest BCUT2D eigenvalue weighted by molar-refractivity contribution is 7.88. The van der Waals surface area contributed by atoms with Crippen LogP contribution in [0, 0.1) is 0 Å². The molecular formula is C15H25N3O3S. The maximum absolute atomic E-state index is 12.0. The Morgan fingerprint density at radius 1 is 1.41 bits per heavy atom. The van der Waals surface area contributed by atoms with E-state index in [-0.39, 0.29) is 11.9 Å². The van der Waals surface area contributed by atoms with Crippen LogP contribution in [0.4, 0.5) is 0 Å². The minimum Gasteiger partial charge on any atom is -0.354 e. The molecule has 0 aliphatic carbocycles. The molecular weight excluding hydrogens is 302 g/mol. The molecule has 1 saturated heterocycles. The van der Waals surface area contributed by atoms with Crippen molar-refractivity contribution in [2.45, 2.75) is 45.1 Å². The third-order valence-electron chi connectivity index (χ3n) is 4.13. The van der Waals surface area contributed by atoms with Crippen LogP contribution in [0.1, 0.15) is 48.8 Å². The van der Waals surface area contributed by atoms with Crippen molar-refractivity contribution in [2.24, 2.45) is 0 Å². The molecule has 124 valence electrons. The van der Waals surface area contributed by atoms with Crippen LogP contribution >= 0.6 is 0 Å². The normalized spacial score (nSPS) is 20.0. The summed E-state index contributed by atoms with van der Waals surface area (Å²) in [5, 5.41) is 2.86. The van der Waals surface area contributed by atoms with Gasteiger partial charge in [-0.3, -0.25) is 4.79 Å². The quantitative estimate of drug-likeness (QED) is 0.831. The van der Waals surface area contributed by atoms with E-state index >= 15 is 0 Å². The molecule has 7 heteroatoms. The number of hydrogen-bond acceptors (Lipinski definition) is 3. The van der Waals surface area contributed by atoms with Crippen molar-refractivity contribution in [1.29, 1.82) is 0 Å². The first-order valence-electron chi connectivity index (χ1n) is 7.84. The van der Waals surface area contributed by atoms with Crippen LogP contribution in [0.15, 0.2) is 12.1 Å². The van der Waals surface area contributed by atoms with E-state index in [4.69, 9.17) is 0 Å². The Morgan fingerprint density at radius 2 is 2.18 bits per heavy atom. The van der Waals surface area contributed by atoms with Gasteiger partial charge in [0.05, 0.1) is 6.26 Å². The summed E-state index contributed by atoms with van der Waals surface area (Å²) in [7, 11) is -3.16. The second-order valence-corrected chi connectivity index (χ2v) is 7.75. The molecule has 6 nitrogen and oxygen atoms in total. The lowest BCUT2D eigenvalue weighted by atomic mass is 10.0. The second-order valence-electron chi connectivity index (χ2n) is 5.82. The number of hydrogen-bond donors (Lipinski definition) is 2. The number of H-pyrrole nitrogens is 1. The lowest BCUT2D eigenvalue weighted by Gasteiger charge is -2.33. The molecule has 0 unspecified atom stereocenters. The first kappa shape index (κ1) is 17.0.